The van der Waals surface area contributed by atoms with Crippen molar-refractivity contribution in [1.82, 2.24) is 5.01 Å². The maximum Gasteiger partial charge on any atom is 0.332 e. The Morgan fingerprint density at radius 2 is 1.95 bits per heavy atom. The normalized spacial score (nSPS) is 14.9. The van der Waals surface area contributed by atoms with Crippen LogP contribution in [0.4, 0.5) is 0 Å². The highest BCUT2D eigenvalue weighted by molar-refractivity contribution is 5.75. The van der Waals surface area contributed by atoms with E-state index in [9.17, 15) is 14.8 Å². The van der Waals surface area contributed by atoms with Crippen LogP contribution in [-0.2, 0) is 19.2 Å². The van der Waals surface area contributed by atoms with Crippen LogP contribution < -0.4 is 0 Å². The highest BCUT2D eigenvalue weighted by Crippen LogP contribution is 2.15. The van der Waals surface area contributed by atoms with Crippen LogP contribution in [0.15, 0.2) is 5.28 Å². The molecule has 0 spiro atoms. The third-order valence-electron chi connectivity index (χ3n) is 3.09. The smallest absolute Gasteiger partial charge is 0.332 e. The Bertz CT molecular complexity index is 418. The fraction of sp³-hybridized carbons (Fsp3) is 0.846. The molecule has 9 heteroatoms. The Morgan fingerprint density at radius 1 is 1.41 bits per heavy atom. The number of hydrazine groups is 1. The molecular formula is C13H25N3O6. The Balaban J connectivity index is 4.58. The monoisotopic (exact) mass is 319 g/mol. The number of carboxylic acids is 1. The lowest BCUT2D eigenvalue weighted by molar-refractivity contribution is -0.712. The molecule has 128 valence electrons. The van der Waals surface area contributed by atoms with Crippen LogP contribution in [0.5, 0.6) is 0 Å². The maximum absolute atomic E-state index is 11.7. The van der Waals surface area contributed by atoms with E-state index in [0.717, 1.165) is 5.01 Å². The van der Waals surface area contributed by atoms with Gasteiger partial charge in [-0.15, -0.1) is 5.01 Å². The first kappa shape index (κ1) is 19.9. The van der Waals surface area contributed by atoms with E-state index >= 15 is 0 Å². The molecule has 0 amide bonds. The summed E-state index contributed by atoms with van der Waals surface area (Å²) in [6.45, 7) is 8.03. The summed E-state index contributed by atoms with van der Waals surface area (Å²) in [5.41, 5.74) is -0.692. The van der Waals surface area contributed by atoms with Gasteiger partial charge in [0.2, 0.25) is 5.28 Å². The van der Waals surface area contributed by atoms with Gasteiger partial charge in [0, 0.05) is 0 Å². The second kappa shape index (κ2) is 8.40. The van der Waals surface area contributed by atoms with Gasteiger partial charge in [-0.3, -0.25) is 4.79 Å². The van der Waals surface area contributed by atoms with Crippen LogP contribution in [0.2, 0.25) is 0 Å². The van der Waals surface area contributed by atoms with Gasteiger partial charge in [-0.25, -0.2) is 4.79 Å². The highest BCUT2D eigenvalue weighted by atomic mass is 16.8. The zero-order valence-corrected chi connectivity index (χ0v) is 13.9. The minimum Gasteiger partial charge on any atom is -0.569 e. The molecule has 0 saturated heterocycles. The van der Waals surface area contributed by atoms with E-state index in [1.165, 1.54) is 7.05 Å². The van der Waals surface area contributed by atoms with Crippen LogP contribution in [0.1, 0.15) is 41.0 Å². The number of ether oxygens (including phenoxy) is 1. The van der Waals surface area contributed by atoms with Crippen molar-refractivity contribution >= 4 is 11.9 Å². The minimum atomic E-state index is -1.13. The van der Waals surface area contributed by atoms with Crippen LogP contribution in [0, 0.1) is 16.5 Å². The van der Waals surface area contributed by atoms with Gasteiger partial charge < -0.3 is 19.9 Å². The van der Waals surface area contributed by atoms with E-state index in [1.807, 2.05) is 6.92 Å². The lowest BCUT2D eigenvalue weighted by atomic mass is 9.98. The summed E-state index contributed by atoms with van der Waals surface area (Å²) in [5, 5.41) is 24.9. The molecule has 0 heterocycles. The van der Waals surface area contributed by atoms with Gasteiger partial charge in [-0.05, 0) is 26.7 Å². The Morgan fingerprint density at radius 3 is 2.36 bits per heavy atom. The third-order valence-corrected chi connectivity index (χ3v) is 3.09. The number of likely N-dealkylation sites (N-methyl/N-ethyl adjacent to an activating group) is 1. The number of carboxylic acid groups (broad SMARTS) is 1. The topological polar surface area (TPSA) is 114 Å². The lowest BCUT2D eigenvalue weighted by Gasteiger charge is -2.24. The van der Waals surface area contributed by atoms with E-state index < -0.39 is 30.2 Å². The minimum absolute atomic E-state index is 0.0237. The second-order valence-corrected chi connectivity index (χ2v) is 6.01. The molecule has 0 bridgehead atoms. The van der Waals surface area contributed by atoms with Crippen molar-refractivity contribution in [3.05, 3.63) is 5.21 Å². The molecular weight excluding hydrogens is 294 g/mol. The van der Waals surface area contributed by atoms with Crippen molar-refractivity contribution in [2.75, 3.05) is 13.8 Å². The summed E-state index contributed by atoms with van der Waals surface area (Å²) in [6.07, 6.45) is 0.583. The van der Waals surface area contributed by atoms with Gasteiger partial charge in [0.1, 0.15) is 0 Å². The largest absolute Gasteiger partial charge is 0.569 e. The van der Waals surface area contributed by atoms with Gasteiger partial charge in [-0.2, -0.15) is 0 Å². The van der Waals surface area contributed by atoms with Crippen LogP contribution in [0.3, 0.4) is 0 Å². The first-order chi connectivity index (χ1) is 10.0. The van der Waals surface area contributed by atoms with Gasteiger partial charge in [0.25, 0.3) is 6.79 Å². The van der Waals surface area contributed by atoms with Crippen molar-refractivity contribution in [3.8, 4) is 0 Å². The number of carbonyl (C=O) groups is 2. The molecule has 0 aromatic carbocycles. The van der Waals surface area contributed by atoms with E-state index in [2.05, 4.69) is 10.1 Å². The first-order valence-electron chi connectivity index (χ1n) is 6.95. The Labute approximate surface area is 130 Å². The molecule has 0 aliphatic heterocycles. The molecule has 0 radical (unpaired) electrons. The van der Waals surface area contributed by atoms with Crippen LogP contribution in [0.25, 0.3) is 0 Å². The number of hydrogen-bond donors (Lipinski definition) is 1. The number of esters is 1. The average Bonchev–Trinajstić information content (AvgIpc) is 2.41. The number of aliphatic carboxylic acids is 1. The van der Waals surface area contributed by atoms with Gasteiger partial charge >= 0.3 is 11.9 Å². The average molecular weight is 319 g/mol. The summed E-state index contributed by atoms with van der Waals surface area (Å²) >= 11 is 0. The predicted molar refractivity (Wildman–Crippen MR) is 76.2 cm³/mol. The SMILES string of the molecule is CC[C@@H](C)[C@@H](C(=O)O)N(C)/[N+]([O-])=N/OCOC(=O)C(C)(C)C. The number of carbonyl (C=O) groups excluding carboxylic acids is 1. The maximum atomic E-state index is 11.7. The number of nitrogens with zero attached hydrogens (tertiary/aromatic N) is 3. The van der Waals surface area contributed by atoms with Crippen molar-refractivity contribution < 1.29 is 29.2 Å². The van der Waals surface area contributed by atoms with Crippen molar-refractivity contribution in [2.45, 2.75) is 47.1 Å². The van der Waals surface area contributed by atoms with Crippen LogP contribution >= 0.6 is 0 Å². The zero-order valence-electron chi connectivity index (χ0n) is 13.9. The molecule has 0 aromatic rings. The summed E-state index contributed by atoms with van der Waals surface area (Å²) < 4.78 is 4.76. The first-order valence-corrected chi connectivity index (χ1v) is 6.95. The standard InChI is InChI=1S/C13H25N3O6/c1-7-9(2)10(11(17)18)15(6)16(20)14-22-8-21-12(19)13(3,4)5/h9-10H,7-8H2,1-6H3,(H,17,18)/b16-14-/t9-,10+/m1/s1. The lowest BCUT2D eigenvalue weighted by Crippen LogP contribution is -2.46. The molecule has 0 fully saturated rings. The Kier molecular flexibility index (Phi) is 7.61. The molecule has 0 aliphatic carbocycles. The van der Waals surface area contributed by atoms with Crippen LogP contribution in [-0.4, -0.2) is 46.9 Å². The number of hydrogen-bond acceptors (Lipinski definition) is 6. The predicted octanol–water partition coefficient (Wildman–Crippen LogP) is 1.77. The van der Waals surface area contributed by atoms with Gasteiger partial charge in [0.05, 0.1) is 17.4 Å². The summed E-state index contributed by atoms with van der Waals surface area (Å²) in [6, 6.07) is -1.04. The van der Waals surface area contributed by atoms with E-state index in [1.54, 1.807) is 27.7 Å². The fourth-order valence-electron chi connectivity index (χ4n) is 1.53. The van der Waals surface area contributed by atoms with Gasteiger partial charge in [0.15, 0.2) is 6.04 Å². The van der Waals surface area contributed by atoms with Crippen molar-refractivity contribution in [2.24, 2.45) is 16.6 Å². The molecule has 0 aromatic heterocycles. The molecule has 0 unspecified atom stereocenters. The van der Waals surface area contributed by atoms with E-state index in [-0.39, 0.29) is 10.9 Å². The van der Waals surface area contributed by atoms with Crippen molar-refractivity contribution in [1.29, 1.82) is 0 Å². The summed E-state index contributed by atoms with van der Waals surface area (Å²) in [7, 11) is 1.30. The van der Waals surface area contributed by atoms with Gasteiger partial charge in [-0.1, -0.05) is 20.3 Å². The highest BCUT2D eigenvalue weighted by Gasteiger charge is 2.33. The zero-order chi connectivity index (χ0) is 17.5. The second-order valence-electron chi connectivity index (χ2n) is 6.01. The quantitative estimate of drug-likeness (QED) is 0.181. The molecule has 9 nitrogen and oxygen atoms in total. The fourth-order valence-corrected chi connectivity index (χ4v) is 1.53. The third kappa shape index (κ3) is 6.15. The van der Waals surface area contributed by atoms with E-state index in [4.69, 9.17) is 9.84 Å². The molecule has 0 aliphatic rings. The number of rotatable bonds is 8. The molecule has 0 saturated carbocycles. The summed E-state index contributed by atoms with van der Waals surface area (Å²) in [4.78, 5) is 27.3. The summed E-state index contributed by atoms with van der Waals surface area (Å²) in [5.74, 6) is -1.89. The molecule has 22 heavy (non-hydrogen) atoms. The Hall–Kier alpha value is -2.06. The van der Waals surface area contributed by atoms with E-state index in [0.29, 0.717) is 6.42 Å². The molecule has 1 N–H and O–H groups in total. The van der Waals surface area contributed by atoms with Crippen molar-refractivity contribution in [3.63, 3.8) is 0 Å². The molecule has 0 rings (SSSR count). The molecule has 2 atom stereocenters.